The number of furan rings is 1. The molecule has 2 N–H and O–H groups in total. The Morgan fingerprint density at radius 2 is 1.96 bits per heavy atom. The van der Waals surface area contributed by atoms with Crippen molar-refractivity contribution in [1.29, 1.82) is 0 Å². The quantitative estimate of drug-likeness (QED) is 0.796. The summed E-state index contributed by atoms with van der Waals surface area (Å²) in [5, 5.41) is 0. The third-order valence-electron chi connectivity index (χ3n) is 3.39. The van der Waals surface area contributed by atoms with Crippen molar-refractivity contribution in [3.8, 4) is 17.3 Å². The second-order valence-electron chi connectivity index (χ2n) is 5.42. The molecule has 3 aromatic rings. The minimum Gasteiger partial charge on any atom is -0.471 e. The van der Waals surface area contributed by atoms with Crippen molar-refractivity contribution >= 4 is 5.95 Å². The van der Waals surface area contributed by atoms with Gasteiger partial charge in [-0.25, -0.2) is 4.98 Å². The van der Waals surface area contributed by atoms with E-state index in [0.29, 0.717) is 23.9 Å². The number of nitrogen functional groups attached to an aromatic ring is 1. The van der Waals surface area contributed by atoms with Gasteiger partial charge in [-0.1, -0.05) is 6.07 Å². The van der Waals surface area contributed by atoms with Crippen LogP contribution < -0.4 is 10.5 Å². The lowest BCUT2D eigenvalue weighted by molar-refractivity contribution is 0.288. The molecule has 0 saturated carbocycles. The molecule has 3 rings (SSSR count). The number of aryl methyl sites for hydroxylation is 3. The van der Waals surface area contributed by atoms with E-state index in [9.17, 15) is 0 Å². The molecule has 118 valence electrons. The van der Waals surface area contributed by atoms with Gasteiger partial charge >= 0.3 is 0 Å². The third kappa shape index (κ3) is 3.48. The fourth-order valence-corrected chi connectivity index (χ4v) is 2.25. The fraction of sp³-hybridized carbons (Fsp3) is 0.235. The number of nitrogens with two attached hydrogens (primary N) is 1. The van der Waals surface area contributed by atoms with Crippen LogP contribution in [0.15, 0.2) is 34.9 Å². The maximum Gasteiger partial charge on any atom is 0.223 e. The molecule has 3 heterocycles. The second-order valence-corrected chi connectivity index (χ2v) is 5.42. The highest BCUT2D eigenvalue weighted by Crippen LogP contribution is 2.24. The summed E-state index contributed by atoms with van der Waals surface area (Å²) in [7, 11) is 0. The van der Waals surface area contributed by atoms with Crippen LogP contribution in [0.25, 0.3) is 11.5 Å². The first kappa shape index (κ1) is 15.0. The van der Waals surface area contributed by atoms with Crippen molar-refractivity contribution in [2.75, 3.05) is 5.73 Å². The van der Waals surface area contributed by atoms with Crippen LogP contribution >= 0.6 is 0 Å². The Labute approximate surface area is 134 Å². The van der Waals surface area contributed by atoms with Crippen molar-refractivity contribution in [1.82, 2.24) is 15.0 Å². The van der Waals surface area contributed by atoms with E-state index >= 15 is 0 Å². The summed E-state index contributed by atoms with van der Waals surface area (Å²) in [6.07, 6.45) is 1.82. The highest BCUT2D eigenvalue weighted by molar-refractivity contribution is 5.55. The summed E-state index contributed by atoms with van der Waals surface area (Å²) >= 11 is 0. The van der Waals surface area contributed by atoms with E-state index in [1.165, 1.54) is 0 Å². The van der Waals surface area contributed by atoms with E-state index in [-0.39, 0.29) is 5.95 Å². The molecule has 0 spiro atoms. The van der Waals surface area contributed by atoms with Crippen LogP contribution in [0.3, 0.4) is 0 Å². The van der Waals surface area contributed by atoms with Gasteiger partial charge in [0.1, 0.15) is 18.1 Å². The lowest BCUT2D eigenvalue weighted by Gasteiger charge is -2.09. The summed E-state index contributed by atoms with van der Waals surface area (Å²) in [4.78, 5) is 12.7. The molecule has 0 amide bonds. The standard InChI is InChI=1S/C17H18N4O2/c1-10-6-11(2)14(19-8-10)9-22-16-7-13(20-17(18)21-16)15-5-4-12(3)23-15/h4-8H,9H2,1-3H3,(H2,18,20,21). The molecule has 0 aliphatic rings. The molecule has 6 nitrogen and oxygen atoms in total. The second kappa shape index (κ2) is 6.08. The van der Waals surface area contributed by atoms with Gasteiger partial charge in [0.25, 0.3) is 0 Å². The average Bonchev–Trinajstić information content (AvgIpc) is 2.92. The van der Waals surface area contributed by atoms with Gasteiger partial charge in [0.2, 0.25) is 11.8 Å². The van der Waals surface area contributed by atoms with E-state index in [4.69, 9.17) is 14.9 Å². The monoisotopic (exact) mass is 310 g/mol. The van der Waals surface area contributed by atoms with Gasteiger partial charge in [0, 0.05) is 12.3 Å². The van der Waals surface area contributed by atoms with Crippen molar-refractivity contribution in [2.45, 2.75) is 27.4 Å². The normalized spacial score (nSPS) is 10.7. The summed E-state index contributed by atoms with van der Waals surface area (Å²) in [5.74, 6) is 1.97. The van der Waals surface area contributed by atoms with Crippen molar-refractivity contribution < 1.29 is 9.15 Å². The molecule has 0 aliphatic carbocycles. The molecule has 0 aromatic carbocycles. The topological polar surface area (TPSA) is 87.1 Å². The van der Waals surface area contributed by atoms with Crippen LogP contribution in [-0.4, -0.2) is 15.0 Å². The van der Waals surface area contributed by atoms with Crippen molar-refractivity contribution in [3.63, 3.8) is 0 Å². The minimum atomic E-state index is 0.139. The number of ether oxygens (including phenoxy) is 1. The highest BCUT2D eigenvalue weighted by atomic mass is 16.5. The first-order valence-electron chi connectivity index (χ1n) is 7.27. The van der Waals surface area contributed by atoms with Gasteiger partial charge in [-0.15, -0.1) is 0 Å². The maximum absolute atomic E-state index is 5.76. The summed E-state index contributed by atoms with van der Waals surface area (Å²) in [6, 6.07) is 7.48. The van der Waals surface area contributed by atoms with Gasteiger partial charge in [0.05, 0.1) is 5.69 Å². The Balaban J connectivity index is 1.81. The van der Waals surface area contributed by atoms with E-state index in [0.717, 1.165) is 22.6 Å². The molecular formula is C17H18N4O2. The Morgan fingerprint density at radius 3 is 2.65 bits per heavy atom. The zero-order valence-corrected chi connectivity index (χ0v) is 13.3. The maximum atomic E-state index is 5.76. The first-order valence-corrected chi connectivity index (χ1v) is 7.27. The van der Waals surface area contributed by atoms with Crippen LogP contribution in [0.2, 0.25) is 0 Å². The Hall–Kier alpha value is -2.89. The summed E-state index contributed by atoms with van der Waals surface area (Å²) < 4.78 is 11.3. The molecule has 0 radical (unpaired) electrons. The number of hydrogen-bond acceptors (Lipinski definition) is 6. The van der Waals surface area contributed by atoms with Crippen molar-refractivity contribution in [2.24, 2.45) is 0 Å². The van der Waals surface area contributed by atoms with Gasteiger partial charge in [-0.3, -0.25) is 4.98 Å². The molecule has 0 saturated heterocycles. The molecular weight excluding hydrogens is 292 g/mol. The fourth-order valence-electron chi connectivity index (χ4n) is 2.25. The van der Waals surface area contributed by atoms with Gasteiger partial charge in [-0.2, -0.15) is 4.98 Å². The SMILES string of the molecule is Cc1cnc(COc2cc(-c3ccc(C)o3)nc(N)n2)c(C)c1. The van der Waals surface area contributed by atoms with E-state index in [1.807, 2.05) is 39.1 Å². The molecule has 0 aliphatic heterocycles. The zero-order chi connectivity index (χ0) is 16.4. The van der Waals surface area contributed by atoms with Crippen molar-refractivity contribution in [3.05, 3.63) is 53.0 Å². The van der Waals surface area contributed by atoms with Gasteiger partial charge in [0.15, 0.2) is 5.76 Å². The molecule has 0 bridgehead atoms. The molecule has 0 unspecified atom stereocenters. The number of hydrogen-bond donors (Lipinski definition) is 1. The number of nitrogens with zero attached hydrogens (tertiary/aromatic N) is 3. The van der Waals surface area contributed by atoms with Gasteiger partial charge < -0.3 is 14.9 Å². The van der Waals surface area contributed by atoms with E-state index in [2.05, 4.69) is 21.0 Å². The van der Waals surface area contributed by atoms with E-state index in [1.54, 1.807) is 6.07 Å². The molecule has 23 heavy (non-hydrogen) atoms. The number of anilines is 1. The van der Waals surface area contributed by atoms with Crippen LogP contribution in [0, 0.1) is 20.8 Å². The van der Waals surface area contributed by atoms with Gasteiger partial charge in [-0.05, 0) is 44.0 Å². The molecule has 0 atom stereocenters. The largest absolute Gasteiger partial charge is 0.471 e. The Morgan fingerprint density at radius 1 is 1.13 bits per heavy atom. The summed E-state index contributed by atoms with van der Waals surface area (Å²) in [5.41, 5.74) is 9.41. The lowest BCUT2D eigenvalue weighted by Crippen LogP contribution is -2.05. The number of rotatable bonds is 4. The van der Waals surface area contributed by atoms with Crippen LogP contribution in [-0.2, 0) is 6.61 Å². The Bertz CT molecular complexity index is 842. The van der Waals surface area contributed by atoms with E-state index < -0.39 is 0 Å². The predicted octanol–water partition coefficient (Wildman–Crippen LogP) is 3.22. The van der Waals surface area contributed by atoms with Crippen LogP contribution in [0.5, 0.6) is 5.88 Å². The third-order valence-corrected chi connectivity index (χ3v) is 3.39. The van der Waals surface area contributed by atoms with Crippen LogP contribution in [0.4, 0.5) is 5.95 Å². The molecule has 3 aromatic heterocycles. The minimum absolute atomic E-state index is 0.139. The predicted molar refractivity (Wildman–Crippen MR) is 86.9 cm³/mol. The molecule has 0 fully saturated rings. The number of aromatic nitrogens is 3. The first-order chi connectivity index (χ1) is 11.0. The highest BCUT2D eigenvalue weighted by Gasteiger charge is 2.10. The number of pyridine rings is 1. The lowest BCUT2D eigenvalue weighted by atomic mass is 10.2. The summed E-state index contributed by atoms with van der Waals surface area (Å²) in [6.45, 7) is 6.20. The Kier molecular flexibility index (Phi) is 3.97. The van der Waals surface area contributed by atoms with Crippen LogP contribution in [0.1, 0.15) is 22.6 Å². The molecule has 6 heteroatoms. The smallest absolute Gasteiger partial charge is 0.223 e. The zero-order valence-electron chi connectivity index (χ0n) is 13.3. The average molecular weight is 310 g/mol.